The number of hydrogen-bond acceptors (Lipinski definition) is 3. The van der Waals surface area contributed by atoms with Crippen molar-refractivity contribution in [1.29, 1.82) is 0 Å². The molecule has 16 heavy (non-hydrogen) atoms. The van der Waals surface area contributed by atoms with Crippen LogP contribution >= 0.6 is 0 Å². The van der Waals surface area contributed by atoms with Crippen molar-refractivity contribution in [2.45, 2.75) is 32.6 Å². The molecule has 1 aliphatic rings. The first-order chi connectivity index (χ1) is 7.72. The number of hydrogen-bond donors (Lipinski definition) is 2. The lowest BCUT2D eigenvalue weighted by molar-refractivity contribution is -0.120. The van der Waals surface area contributed by atoms with Crippen LogP contribution in [0.25, 0.3) is 0 Å². The molecule has 0 unspecified atom stereocenters. The second-order valence-corrected chi connectivity index (χ2v) is 4.70. The van der Waals surface area contributed by atoms with Crippen LogP contribution in [0, 0.1) is 5.41 Å². The van der Waals surface area contributed by atoms with Gasteiger partial charge in [-0.3, -0.25) is 4.79 Å². The minimum absolute atomic E-state index is 0.108. The average molecular weight is 228 g/mol. The molecule has 4 nitrogen and oxygen atoms in total. The van der Waals surface area contributed by atoms with E-state index in [-0.39, 0.29) is 5.91 Å². The summed E-state index contributed by atoms with van der Waals surface area (Å²) in [5.41, 5.74) is 0.344. The van der Waals surface area contributed by atoms with Gasteiger partial charge in [0.15, 0.2) is 0 Å². The fraction of sp³-hybridized carbons (Fsp3) is 0.917. The molecule has 0 aliphatic heterocycles. The molecule has 1 aliphatic carbocycles. The molecule has 2 N–H and O–H groups in total. The summed E-state index contributed by atoms with van der Waals surface area (Å²) in [6, 6.07) is 0. The zero-order chi connectivity index (χ0) is 11.9. The van der Waals surface area contributed by atoms with E-state index in [0.717, 1.165) is 32.5 Å². The number of carbonyl (C=O) groups excluding carboxylic acids is 1. The standard InChI is InChI=1S/C12H24N2O2/c1-3-7-13-9-11(15)14-10-12(4-5-12)6-8-16-2/h13H,3-10H2,1-2H3,(H,14,15). The van der Waals surface area contributed by atoms with Gasteiger partial charge in [0, 0.05) is 20.3 Å². The highest BCUT2D eigenvalue weighted by Crippen LogP contribution is 2.48. The van der Waals surface area contributed by atoms with Gasteiger partial charge in [-0.15, -0.1) is 0 Å². The van der Waals surface area contributed by atoms with Gasteiger partial charge in [0.1, 0.15) is 0 Å². The van der Waals surface area contributed by atoms with Crippen molar-refractivity contribution in [1.82, 2.24) is 10.6 Å². The highest BCUT2D eigenvalue weighted by atomic mass is 16.5. The molecule has 0 aromatic heterocycles. The maximum absolute atomic E-state index is 11.5. The Morgan fingerprint density at radius 3 is 2.75 bits per heavy atom. The third-order valence-electron chi connectivity index (χ3n) is 3.17. The summed E-state index contributed by atoms with van der Waals surface area (Å²) in [7, 11) is 1.73. The fourth-order valence-corrected chi connectivity index (χ4v) is 1.74. The van der Waals surface area contributed by atoms with Crippen LogP contribution in [0.4, 0.5) is 0 Å². The minimum Gasteiger partial charge on any atom is -0.385 e. The van der Waals surface area contributed by atoms with Gasteiger partial charge in [-0.05, 0) is 37.6 Å². The van der Waals surface area contributed by atoms with Crippen molar-refractivity contribution in [3.8, 4) is 0 Å². The molecule has 0 aromatic rings. The lowest BCUT2D eigenvalue weighted by atomic mass is 10.0. The Hall–Kier alpha value is -0.610. The van der Waals surface area contributed by atoms with Crippen LogP contribution in [-0.2, 0) is 9.53 Å². The molecular weight excluding hydrogens is 204 g/mol. The SMILES string of the molecule is CCCNCC(=O)NCC1(CCOC)CC1. The lowest BCUT2D eigenvalue weighted by Crippen LogP contribution is -2.37. The Labute approximate surface area is 98.1 Å². The second-order valence-electron chi connectivity index (χ2n) is 4.70. The van der Waals surface area contributed by atoms with Crippen LogP contribution in [0.15, 0.2) is 0 Å². The van der Waals surface area contributed by atoms with Gasteiger partial charge < -0.3 is 15.4 Å². The van der Waals surface area contributed by atoms with Crippen LogP contribution in [0.3, 0.4) is 0 Å². The molecule has 94 valence electrons. The normalized spacial score (nSPS) is 17.1. The van der Waals surface area contributed by atoms with Gasteiger partial charge in [-0.25, -0.2) is 0 Å². The maximum Gasteiger partial charge on any atom is 0.233 e. The molecule has 0 aromatic carbocycles. The van der Waals surface area contributed by atoms with Crippen LogP contribution in [-0.4, -0.2) is 39.3 Å². The second kappa shape index (κ2) is 6.86. The monoisotopic (exact) mass is 228 g/mol. The van der Waals surface area contributed by atoms with Gasteiger partial charge >= 0.3 is 0 Å². The molecule has 4 heteroatoms. The van der Waals surface area contributed by atoms with Crippen LogP contribution in [0.1, 0.15) is 32.6 Å². The van der Waals surface area contributed by atoms with Crippen LogP contribution in [0.2, 0.25) is 0 Å². The summed E-state index contributed by atoms with van der Waals surface area (Å²) < 4.78 is 5.08. The van der Waals surface area contributed by atoms with Crippen molar-refractivity contribution in [2.75, 3.05) is 33.4 Å². The van der Waals surface area contributed by atoms with Crippen molar-refractivity contribution < 1.29 is 9.53 Å². The molecule has 0 heterocycles. The Morgan fingerprint density at radius 2 is 2.19 bits per heavy atom. The van der Waals surface area contributed by atoms with E-state index < -0.39 is 0 Å². The predicted octanol–water partition coefficient (Wildman–Crippen LogP) is 0.919. The molecule has 1 amide bonds. The van der Waals surface area contributed by atoms with E-state index in [2.05, 4.69) is 17.6 Å². The third kappa shape index (κ3) is 4.94. The van der Waals surface area contributed by atoms with Gasteiger partial charge in [0.2, 0.25) is 5.91 Å². The van der Waals surface area contributed by atoms with Gasteiger partial charge in [-0.2, -0.15) is 0 Å². The Kier molecular flexibility index (Phi) is 5.77. The first-order valence-corrected chi connectivity index (χ1v) is 6.19. The summed E-state index contributed by atoms with van der Waals surface area (Å²) in [6.45, 7) is 5.04. The van der Waals surface area contributed by atoms with E-state index in [0.29, 0.717) is 12.0 Å². The van der Waals surface area contributed by atoms with E-state index in [4.69, 9.17) is 4.74 Å². The molecule has 1 rings (SSSR count). The predicted molar refractivity (Wildman–Crippen MR) is 64.3 cm³/mol. The number of ether oxygens (including phenoxy) is 1. The summed E-state index contributed by atoms with van der Waals surface area (Å²) in [6.07, 6.45) is 4.56. The van der Waals surface area contributed by atoms with Crippen LogP contribution in [0.5, 0.6) is 0 Å². The van der Waals surface area contributed by atoms with Crippen LogP contribution < -0.4 is 10.6 Å². The van der Waals surface area contributed by atoms with E-state index in [1.54, 1.807) is 7.11 Å². The van der Waals surface area contributed by atoms with E-state index in [1.165, 1.54) is 12.8 Å². The molecule has 1 saturated carbocycles. The highest BCUT2D eigenvalue weighted by Gasteiger charge is 2.41. The van der Waals surface area contributed by atoms with Crippen molar-refractivity contribution >= 4 is 5.91 Å². The summed E-state index contributed by atoms with van der Waals surface area (Å²) in [5, 5.41) is 6.09. The number of amides is 1. The number of nitrogens with one attached hydrogen (secondary N) is 2. The molecular formula is C12H24N2O2. The maximum atomic E-state index is 11.5. The smallest absolute Gasteiger partial charge is 0.233 e. The zero-order valence-electron chi connectivity index (χ0n) is 10.5. The molecule has 0 bridgehead atoms. The van der Waals surface area contributed by atoms with Gasteiger partial charge in [-0.1, -0.05) is 6.92 Å². The van der Waals surface area contributed by atoms with Crippen molar-refractivity contribution in [2.24, 2.45) is 5.41 Å². The summed E-state index contributed by atoms with van der Waals surface area (Å²) >= 11 is 0. The van der Waals surface area contributed by atoms with E-state index in [9.17, 15) is 4.79 Å². The number of rotatable bonds is 9. The molecule has 0 atom stereocenters. The van der Waals surface area contributed by atoms with Gasteiger partial charge in [0.25, 0.3) is 0 Å². The van der Waals surface area contributed by atoms with E-state index in [1.807, 2.05) is 0 Å². The summed E-state index contributed by atoms with van der Waals surface area (Å²) in [5.74, 6) is 0.108. The van der Waals surface area contributed by atoms with E-state index >= 15 is 0 Å². The molecule has 1 fully saturated rings. The van der Waals surface area contributed by atoms with Crippen molar-refractivity contribution in [3.63, 3.8) is 0 Å². The Morgan fingerprint density at radius 1 is 1.44 bits per heavy atom. The highest BCUT2D eigenvalue weighted by molar-refractivity contribution is 5.78. The quantitative estimate of drug-likeness (QED) is 0.577. The Bertz CT molecular complexity index is 215. The zero-order valence-corrected chi connectivity index (χ0v) is 10.5. The Balaban J connectivity index is 2.07. The number of carbonyl (C=O) groups is 1. The molecule has 0 spiro atoms. The summed E-state index contributed by atoms with van der Waals surface area (Å²) in [4.78, 5) is 11.5. The first-order valence-electron chi connectivity index (χ1n) is 6.19. The minimum atomic E-state index is 0.108. The third-order valence-corrected chi connectivity index (χ3v) is 3.17. The first kappa shape index (κ1) is 13.5. The molecule has 0 saturated heterocycles. The largest absolute Gasteiger partial charge is 0.385 e. The lowest BCUT2D eigenvalue weighted by Gasteiger charge is -2.15. The van der Waals surface area contributed by atoms with Gasteiger partial charge in [0.05, 0.1) is 6.54 Å². The molecule has 0 radical (unpaired) electrons. The average Bonchev–Trinajstić information content (AvgIpc) is 3.05. The number of methoxy groups -OCH3 is 1. The van der Waals surface area contributed by atoms with Crippen molar-refractivity contribution in [3.05, 3.63) is 0 Å². The fourth-order valence-electron chi connectivity index (χ4n) is 1.74. The topological polar surface area (TPSA) is 50.4 Å².